The van der Waals surface area contributed by atoms with Crippen molar-refractivity contribution in [1.82, 2.24) is 0 Å². The summed E-state index contributed by atoms with van der Waals surface area (Å²) in [6.07, 6.45) is 0. The highest BCUT2D eigenvalue weighted by Gasteiger charge is 2.27. The Balaban J connectivity index is 1.89. The summed E-state index contributed by atoms with van der Waals surface area (Å²) in [6.45, 7) is 4.96. The average Bonchev–Trinajstić information content (AvgIpc) is 2.24. The molecule has 4 heteroatoms. The highest BCUT2D eigenvalue weighted by atomic mass is 19.1. The largest absolute Gasteiger partial charge is 0.378 e. The predicted octanol–water partition coefficient (Wildman–Crippen LogP) is 2.39. The van der Waals surface area contributed by atoms with Crippen LogP contribution < -0.4 is 5.32 Å². The van der Waals surface area contributed by atoms with Crippen molar-refractivity contribution in [1.29, 1.82) is 0 Å². The Morgan fingerprint density at radius 2 is 1.75 bits per heavy atom. The van der Waals surface area contributed by atoms with E-state index in [4.69, 9.17) is 9.47 Å². The Morgan fingerprint density at radius 1 is 1.19 bits per heavy atom. The zero-order valence-corrected chi connectivity index (χ0v) is 9.50. The van der Waals surface area contributed by atoms with Gasteiger partial charge in [0.15, 0.2) is 5.79 Å². The highest BCUT2D eigenvalue weighted by molar-refractivity contribution is 5.43. The molecule has 0 radical (unpaired) electrons. The second-order valence-corrected chi connectivity index (χ2v) is 4.37. The number of benzene rings is 1. The van der Waals surface area contributed by atoms with Crippen LogP contribution in [0.1, 0.15) is 13.8 Å². The van der Waals surface area contributed by atoms with Gasteiger partial charge in [0, 0.05) is 5.69 Å². The molecular formula is C12H16FNO2. The van der Waals surface area contributed by atoms with Crippen LogP contribution in [0.2, 0.25) is 0 Å². The van der Waals surface area contributed by atoms with Gasteiger partial charge < -0.3 is 14.8 Å². The van der Waals surface area contributed by atoms with Crippen LogP contribution >= 0.6 is 0 Å². The van der Waals surface area contributed by atoms with E-state index in [-0.39, 0.29) is 11.9 Å². The first-order chi connectivity index (χ1) is 7.55. The predicted molar refractivity (Wildman–Crippen MR) is 59.8 cm³/mol. The summed E-state index contributed by atoms with van der Waals surface area (Å²) in [7, 11) is 0. The van der Waals surface area contributed by atoms with Crippen LogP contribution in [0.4, 0.5) is 10.1 Å². The average molecular weight is 225 g/mol. The smallest absolute Gasteiger partial charge is 0.162 e. The lowest BCUT2D eigenvalue weighted by Gasteiger charge is -2.35. The third-order valence-corrected chi connectivity index (χ3v) is 2.48. The molecule has 0 unspecified atom stereocenters. The number of hydrogen-bond donors (Lipinski definition) is 1. The lowest BCUT2D eigenvalue weighted by Crippen LogP contribution is -2.45. The molecule has 1 heterocycles. The Bertz CT molecular complexity index is 341. The minimum absolute atomic E-state index is 0.110. The van der Waals surface area contributed by atoms with Crippen LogP contribution in [0.25, 0.3) is 0 Å². The standard InChI is InChI=1S/C12H16FNO2/c1-12(2)15-7-11(8-16-12)14-10-5-3-9(13)4-6-10/h3-6,11,14H,7-8H2,1-2H3. The molecule has 1 N–H and O–H groups in total. The van der Waals surface area contributed by atoms with Crippen molar-refractivity contribution in [3.05, 3.63) is 30.1 Å². The molecular weight excluding hydrogens is 209 g/mol. The Kier molecular flexibility index (Phi) is 3.12. The number of rotatable bonds is 2. The van der Waals surface area contributed by atoms with E-state index in [1.54, 1.807) is 12.1 Å². The molecule has 1 aliphatic heterocycles. The van der Waals surface area contributed by atoms with Crippen molar-refractivity contribution < 1.29 is 13.9 Å². The normalized spacial score (nSPS) is 20.7. The van der Waals surface area contributed by atoms with Crippen LogP contribution in [-0.2, 0) is 9.47 Å². The van der Waals surface area contributed by atoms with Gasteiger partial charge in [0.05, 0.1) is 19.3 Å². The summed E-state index contributed by atoms with van der Waals surface area (Å²) in [4.78, 5) is 0. The van der Waals surface area contributed by atoms with Crippen LogP contribution in [0.3, 0.4) is 0 Å². The summed E-state index contributed by atoms with van der Waals surface area (Å²) in [5.41, 5.74) is 0.873. The van der Waals surface area contributed by atoms with Gasteiger partial charge in [-0.3, -0.25) is 0 Å². The van der Waals surface area contributed by atoms with E-state index in [0.29, 0.717) is 13.2 Å². The van der Waals surface area contributed by atoms with Gasteiger partial charge in [-0.15, -0.1) is 0 Å². The van der Waals surface area contributed by atoms with Crippen molar-refractivity contribution in [3.8, 4) is 0 Å². The van der Waals surface area contributed by atoms with E-state index in [1.165, 1.54) is 12.1 Å². The molecule has 0 aliphatic carbocycles. The van der Waals surface area contributed by atoms with Crippen LogP contribution in [-0.4, -0.2) is 25.0 Å². The topological polar surface area (TPSA) is 30.5 Å². The third kappa shape index (κ3) is 2.93. The molecule has 1 aliphatic rings. The maximum absolute atomic E-state index is 12.7. The molecule has 88 valence electrons. The van der Waals surface area contributed by atoms with Gasteiger partial charge in [0.25, 0.3) is 0 Å². The van der Waals surface area contributed by atoms with E-state index in [0.717, 1.165) is 5.69 Å². The van der Waals surface area contributed by atoms with Crippen molar-refractivity contribution in [2.45, 2.75) is 25.7 Å². The molecule has 2 rings (SSSR count). The minimum Gasteiger partial charge on any atom is -0.378 e. The van der Waals surface area contributed by atoms with E-state index in [2.05, 4.69) is 5.32 Å². The quantitative estimate of drug-likeness (QED) is 0.838. The highest BCUT2D eigenvalue weighted by Crippen LogP contribution is 2.19. The van der Waals surface area contributed by atoms with Gasteiger partial charge >= 0.3 is 0 Å². The lowest BCUT2D eigenvalue weighted by atomic mass is 10.2. The summed E-state index contributed by atoms with van der Waals surface area (Å²) in [6, 6.07) is 6.37. The SMILES string of the molecule is CC1(C)OCC(Nc2ccc(F)cc2)CO1. The van der Waals surface area contributed by atoms with E-state index in [1.807, 2.05) is 13.8 Å². The molecule has 1 aromatic rings. The Labute approximate surface area is 94.6 Å². The van der Waals surface area contributed by atoms with Gasteiger partial charge in [0.1, 0.15) is 5.82 Å². The van der Waals surface area contributed by atoms with Gasteiger partial charge in [0.2, 0.25) is 0 Å². The lowest BCUT2D eigenvalue weighted by molar-refractivity contribution is -0.247. The van der Waals surface area contributed by atoms with Gasteiger partial charge in [-0.05, 0) is 38.1 Å². The Hall–Kier alpha value is -1.13. The molecule has 0 spiro atoms. The van der Waals surface area contributed by atoms with Crippen molar-refractivity contribution >= 4 is 5.69 Å². The molecule has 0 bridgehead atoms. The van der Waals surface area contributed by atoms with E-state index in [9.17, 15) is 4.39 Å². The number of hydrogen-bond acceptors (Lipinski definition) is 3. The molecule has 1 fully saturated rings. The minimum atomic E-state index is -0.499. The monoisotopic (exact) mass is 225 g/mol. The van der Waals surface area contributed by atoms with Crippen molar-refractivity contribution in [2.75, 3.05) is 18.5 Å². The van der Waals surface area contributed by atoms with Crippen LogP contribution in [0.5, 0.6) is 0 Å². The fourth-order valence-electron chi connectivity index (χ4n) is 1.56. The Morgan fingerprint density at radius 3 is 2.31 bits per heavy atom. The molecule has 3 nitrogen and oxygen atoms in total. The summed E-state index contributed by atoms with van der Waals surface area (Å²) in [5, 5.41) is 3.23. The molecule has 0 amide bonds. The second-order valence-electron chi connectivity index (χ2n) is 4.37. The van der Waals surface area contributed by atoms with E-state index >= 15 is 0 Å². The number of anilines is 1. The van der Waals surface area contributed by atoms with Crippen LogP contribution in [0, 0.1) is 5.82 Å². The first-order valence-electron chi connectivity index (χ1n) is 5.35. The first kappa shape index (κ1) is 11.4. The third-order valence-electron chi connectivity index (χ3n) is 2.48. The van der Waals surface area contributed by atoms with Gasteiger partial charge in [-0.1, -0.05) is 0 Å². The molecule has 0 atom stereocenters. The molecule has 1 aromatic carbocycles. The molecule has 16 heavy (non-hydrogen) atoms. The van der Waals surface area contributed by atoms with Crippen LogP contribution in [0.15, 0.2) is 24.3 Å². The fraction of sp³-hybridized carbons (Fsp3) is 0.500. The van der Waals surface area contributed by atoms with E-state index < -0.39 is 5.79 Å². The molecule has 0 saturated carbocycles. The maximum Gasteiger partial charge on any atom is 0.162 e. The molecule has 1 saturated heterocycles. The van der Waals surface area contributed by atoms with Gasteiger partial charge in [-0.25, -0.2) is 4.39 Å². The van der Waals surface area contributed by atoms with Gasteiger partial charge in [-0.2, -0.15) is 0 Å². The van der Waals surface area contributed by atoms with Crippen molar-refractivity contribution in [3.63, 3.8) is 0 Å². The first-order valence-corrected chi connectivity index (χ1v) is 5.35. The molecule has 0 aromatic heterocycles. The number of ether oxygens (including phenoxy) is 2. The maximum atomic E-state index is 12.7. The summed E-state index contributed by atoms with van der Waals surface area (Å²) in [5.74, 6) is -0.733. The summed E-state index contributed by atoms with van der Waals surface area (Å²) < 4.78 is 23.7. The zero-order chi connectivity index (χ0) is 11.6. The number of nitrogens with one attached hydrogen (secondary N) is 1. The zero-order valence-electron chi connectivity index (χ0n) is 9.50. The second kappa shape index (κ2) is 4.39. The fourth-order valence-corrected chi connectivity index (χ4v) is 1.56. The summed E-state index contributed by atoms with van der Waals surface area (Å²) >= 11 is 0. The number of halogens is 1. The van der Waals surface area contributed by atoms with Crippen molar-refractivity contribution in [2.24, 2.45) is 0 Å².